The topological polar surface area (TPSA) is 67.9 Å². The predicted molar refractivity (Wildman–Crippen MR) is 96.7 cm³/mol. The highest BCUT2D eigenvalue weighted by Gasteiger charge is 2.32. The lowest BCUT2D eigenvalue weighted by Crippen LogP contribution is -2.31. The van der Waals surface area contributed by atoms with Gasteiger partial charge >= 0.3 is 12.1 Å². The zero-order chi connectivity index (χ0) is 20.2. The number of fused-ring (bicyclic) bond motifs is 1. The fourth-order valence-corrected chi connectivity index (χ4v) is 2.91. The zero-order valence-corrected chi connectivity index (χ0v) is 15.3. The molecule has 5 nitrogen and oxygen atoms in total. The fourth-order valence-electron chi connectivity index (χ4n) is 2.91. The lowest BCUT2D eigenvalue weighted by molar-refractivity contribution is -0.139. The van der Waals surface area contributed by atoms with Crippen LogP contribution in [0.3, 0.4) is 0 Å². The minimum absolute atomic E-state index is 0.0270. The molecule has 1 heterocycles. The number of halogens is 3. The van der Waals surface area contributed by atoms with Gasteiger partial charge in [-0.15, -0.1) is 0 Å². The molecule has 1 aliphatic rings. The monoisotopic (exact) mass is 381 g/mol. The largest absolute Gasteiger partial charge is 0.461 e. The Morgan fingerprint density at radius 3 is 2.70 bits per heavy atom. The summed E-state index contributed by atoms with van der Waals surface area (Å²) in [5, 5.41) is 0. The maximum atomic E-state index is 13.0. The predicted octanol–water partition coefficient (Wildman–Crippen LogP) is 3.40. The second-order valence-electron chi connectivity index (χ2n) is 6.07. The molecule has 0 saturated heterocycles. The molecular weight excluding hydrogens is 359 g/mol. The van der Waals surface area contributed by atoms with Crippen LogP contribution in [0.25, 0.3) is 0 Å². The highest BCUT2D eigenvalue weighted by molar-refractivity contribution is 5.91. The van der Waals surface area contributed by atoms with Crippen LogP contribution in [0.4, 0.5) is 13.2 Å². The van der Waals surface area contributed by atoms with E-state index in [0.29, 0.717) is 29.8 Å². The van der Waals surface area contributed by atoms with Crippen LogP contribution >= 0.6 is 0 Å². The van der Waals surface area contributed by atoms with E-state index in [1.165, 1.54) is 6.07 Å². The second-order valence-corrected chi connectivity index (χ2v) is 6.07. The fraction of sp³-hybridized carbons (Fsp3) is 0.368. The molecule has 0 aliphatic carbocycles. The summed E-state index contributed by atoms with van der Waals surface area (Å²) in [4.78, 5) is 17.8. The Bertz CT molecular complexity index is 798. The molecule has 0 unspecified atom stereocenters. The summed E-state index contributed by atoms with van der Waals surface area (Å²) >= 11 is 0. The molecule has 0 saturated carbocycles. The number of aliphatic imine (C=N–C) groups is 1. The molecule has 0 fully saturated rings. The maximum absolute atomic E-state index is 13.0. The van der Waals surface area contributed by atoms with Gasteiger partial charge in [-0.2, -0.15) is 13.2 Å². The summed E-state index contributed by atoms with van der Waals surface area (Å²) in [6, 6.07) is 3.78. The number of carbonyl (C=O) groups is 1. The number of nitrogens with two attached hydrogens (primary N) is 1. The quantitative estimate of drug-likeness (QED) is 0.279. The normalized spacial score (nSPS) is 15.4. The molecule has 0 spiro atoms. The van der Waals surface area contributed by atoms with Crippen LogP contribution in [0, 0.1) is 0 Å². The van der Waals surface area contributed by atoms with Crippen molar-refractivity contribution in [3.8, 4) is 0 Å². The molecule has 2 rings (SSSR count). The number of nitrogens with zero attached hydrogens (tertiary/aromatic N) is 2. The van der Waals surface area contributed by atoms with Crippen LogP contribution in [-0.2, 0) is 28.7 Å². The molecule has 0 aromatic heterocycles. The Balaban J connectivity index is 2.30. The Labute approximate surface area is 156 Å². The SMILES string of the molecule is C=C(/C(C)=C(\N=C/N)C(=O)OCC)N1CCc2ccc(C(F)(F)F)cc2C1. The molecule has 1 aromatic carbocycles. The van der Waals surface area contributed by atoms with Crippen molar-refractivity contribution in [1.29, 1.82) is 0 Å². The van der Waals surface area contributed by atoms with Gasteiger partial charge in [-0.3, -0.25) is 0 Å². The minimum Gasteiger partial charge on any atom is -0.461 e. The van der Waals surface area contributed by atoms with Gasteiger partial charge in [0.05, 0.1) is 18.5 Å². The molecule has 0 amide bonds. The van der Waals surface area contributed by atoms with E-state index in [-0.39, 0.29) is 18.8 Å². The first kappa shape index (κ1) is 20.5. The first-order chi connectivity index (χ1) is 12.7. The van der Waals surface area contributed by atoms with E-state index >= 15 is 0 Å². The number of allylic oxidation sites excluding steroid dienone is 1. The summed E-state index contributed by atoms with van der Waals surface area (Å²) < 4.78 is 43.9. The van der Waals surface area contributed by atoms with Gasteiger partial charge in [0.25, 0.3) is 0 Å². The molecule has 27 heavy (non-hydrogen) atoms. The van der Waals surface area contributed by atoms with Crippen LogP contribution < -0.4 is 5.73 Å². The lowest BCUT2D eigenvalue weighted by Gasteiger charge is -2.33. The Morgan fingerprint density at radius 2 is 2.11 bits per heavy atom. The summed E-state index contributed by atoms with van der Waals surface area (Å²) in [6.07, 6.45) is -2.82. The second kappa shape index (κ2) is 8.28. The molecule has 8 heteroatoms. The number of ether oxygens (including phenoxy) is 1. The Hall–Kier alpha value is -2.77. The van der Waals surface area contributed by atoms with Crippen molar-refractivity contribution in [2.75, 3.05) is 13.2 Å². The van der Waals surface area contributed by atoms with Crippen LogP contribution in [0.15, 0.2) is 46.7 Å². The zero-order valence-electron chi connectivity index (χ0n) is 15.3. The van der Waals surface area contributed by atoms with Crippen LogP contribution in [0.1, 0.15) is 30.5 Å². The standard InChI is InChI=1S/C19H22F3N3O2/c1-4-27-18(26)17(24-11-23)12(2)13(3)25-8-7-14-5-6-16(19(20,21)22)9-15(14)10-25/h5-6,9,11H,3-4,7-8,10H2,1-2H3,(H2,23,24)/b17-12-. The maximum Gasteiger partial charge on any atom is 0.416 e. The number of carbonyl (C=O) groups excluding carboxylic acids is 1. The van der Waals surface area contributed by atoms with Crippen LogP contribution in [-0.4, -0.2) is 30.4 Å². The first-order valence-electron chi connectivity index (χ1n) is 8.44. The van der Waals surface area contributed by atoms with Crippen LogP contribution in [0.2, 0.25) is 0 Å². The van der Waals surface area contributed by atoms with Crippen molar-refractivity contribution in [3.63, 3.8) is 0 Å². The van der Waals surface area contributed by atoms with Crippen LogP contribution in [0.5, 0.6) is 0 Å². The van der Waals surface area contributed by atoms with E-state index in [0.717, 1.165) is 24.0 Å². The number of hydrogen-bond donors (Lipinski definition) is 1. The highest BCUT2D eigenvalue weighted by atomic mass is 19.4. The van der Waals surface area contributed by atoms with Crippen molar-refractivity contribution >= 4 is 12.3 Å². The third-order valence-electron chi connectivity index (χ3n) is 4.39. The van der Waals surface area contributed by atoms with Crippen molar-refractivity contribution in [1.82, 2.24) is 4.90 Å². The molecule has 146 valence electrons. The van der Waals surface area contributed by atoms with Gasteiger partial charge < -0.3 is 15.4 Å². The average molecular weight is 381 g/mol. The van der Waals surface area contributed by atoms with Gasteiger partial charge in [0.2, 0.25) is 0 Å². The number of rotatable bonds is 5. The number of hydrogen-bond acceptors (Lipinski definition) is 4. The average Bonchev–Trinajstić information content (AvgIpc) is 2.63. The molecule has 0 bridgehead atoms. The molecule has 1 aliphatic heterocycles. The smallest absolute Gasteiger partial charge is 0.416 e. The van der Waals surface area contributed by atoms with Gasteiger partial charge in [0.15, 0.2) is 5.70 Å². The molecular formula is C19H22F3N3O2. The summed E-state index contributed by atoms with van der Waals surface area (Å²) in [5.74, 6) is -0.630. The summed E-state index contributed by atoms with van der Waals surface area (Å²) in [5.41, 5.74) is 7.08. The van der Waals surface area contributed by atoms with Gasteiger partial charge in [0, 0.05) is 24.4 Å². The van der Waals surface area contributed by atoms with E-state index < -0.39 is 17.7 Å². The van der Waals surface area contributed by atoms with Crippen molar-refractivity contribution in [3.05, 3.63) is 58.4 Å². The van der Waals surface area contributed by atoms with E-state index in [9.17, 15) is 18.0 Å². The third kappa shape index (κ3) is 4.69. The highest BCUT2D eigenvalue weighted by Crippen LogP contribution is 2.33. The molecule has 2 N–H and O–H groups in total. The van der Waals surface area contributed by atoms with Gasteiger partial charge in [-0.25, -0.2) is 9.79 Å². The van der Waals surface area contributed by atoms with Gasteiger partial charge in [-0.05, 0) is 43.5 Å². The van der Waals surface area contributed by atoms with E-state index in [4.69, 9.17) is 10.5 Å². The van der Waals surface area contributed by atoms with E-state index in [2.05, 4.69) is 11.6 Å². The molecule has 0 atom stereocenters. The van der Waals surface area contributed by atoms with Crippen molar-refractivity contribution < 1.29 is 22.7 Å². The Morgan fingerprint density at radius 1 is 1.41 bits per heavy atom. The Kier molecular flexibility index (Phi) is 6.30. The molecule has 1 aromatic rings. The minimum atomic E-state index is -4.39. The first-order valence-corrected chi connectivity index (χ1v) is 8.44. The van der Waals surface area contributed by atoms with Gasteiger partial charge in [0.1, 0.15) is 0 Å². The number of benzene rings is 1. The number of alkyl halides is 3. The lowest BCUT2D eigenvalue weighted by atomic mass is 9.96. The summed E-state index contributed by atoms with van der Waals surface area (Å²) in [6.45, 7) is 8.33. The summed E-state index contributed by atoms with van der Waals surface area (Å²) in [7, 11) is 0. The number of esters is 1. The van der Waals surface area contributed by atoms with Crippen molar-refractivity contribution in [2.24, 2.45) is 10.7 Å². The van der Waals surface area contributed by atoms with E-state index in [1.807, 2.05) is 4.90 Å². The van der Waals surface area contributed by atoms with E-state index in [1.54, 1.807) is 13.8 Å². The van der Waals surface area contributed by atoms with Gasteiger partial charge in [-0.1, -0.05) is 12.6 Å². The molecule has 0 radical (unpaired) electrons. The van der Waals surface area contributed by atoms with Crippen molar-refractivity contribution in [2.45, 2.75) is 33.0 Å². The third-order valence-corrected chi connectivity index (χ3v) is 4.39.